The van der Waals surface area contributed by atoms with Gasteiger partial charge in [-0.25, -0.2) is 9.59 Å². The molecule has 0 fully saturated rings. The van der Waals surface area contributed by atoms with Crippen LogP contribution in [-0.4, -0.2) is 11.9 Å². The molecular weight excluding hydrogens is 368 g/mol. The van der Waals surface area contributed by atoms with Gasteiger partial charge in [-0.15, -0.1) is 0 Å². The van der Waals surface area contributed by atoms with Crippen molar-refractivity contribution in [3.8, 4) is 17.2 Å². The van der Waals surface area contributed by atoms with Gasteiger partial charge in [0.25, 0.3) is 0 Å². The number of fused-ring (bicyclic) bond motifs is 6. The third kappa shape index (κ3) is 2.41. The van der Waals surface area contributed by atoms with Crippen molar-refractivity contribution in [1.29, 1.82) is 0 Å². The first-order valence-corrected chi connectivity index (χ1v) is 9.13. The minimum absolute atomic E-state index is 0.295. The van der Waals surface area contributed by atoms with Gasteiger partial charge in [0.05, 0.1) is 5.56 Å². The summed E-state index contributed by atoms with van der Waals surface area (Å²) in [4.78, 5) is 24.6. The van der Waals surface area contributed by atoms with Crippen LogP contribution in [0.15, 0.2) is 78.9 Å². The fraction of sp³-hybridized carbons (Fsp3) is 0.0833. The number of ether oxygens (including phenoxy) is 3. The van der Waals surface area contributed by atoms with Crippen molar-refractivity contribution >= 4 is 11.9 Å². The van der Waals surface area contributed by atoms with E-state index in [1.165, 1.54) is 0 Å². The third-order valence-corrected chi connectivity index (χ3v) is 5.15. The molecular formula is C24H16O5. The van der Waals surface area contributed by atoms with Crippen LogP contribution in [0.1, 0.15) is 34.0 Å². The predicted octanol–water partition coefficient (Wildman–Crippen LogP) is 4.74. The maximum Gasteiger partial charge on any atom is 0.340 e. The highest BCUT2D eigenvalue weighted by Crippen LogP contribution is 2.56. The molecule has 2 aliphatic heterocycles. The summed E-state index contributed by atoms with van der Waals surface area (Å²) < 4.78 is 17.5. The molecule has 1 spiro atoms. The van der Waals surface area contributed by atoms with E-state index in [4.69, 9.17) is 14.2 Å². The molecule has 0 aliphatic carbocycles. The summed E-state index contributed by atoms with van der Waals surface area (Å²) in [5.74, 6) is 0.451. The minimum atomic E-state index is -1.12. The molecule has 0 amide bonds. The van der Waals surface area contributed by atoms with Gasteiger partial charge in [-0.2, -0.15) is 0 Å². The van der Waals surface area contributed by atoms with E-state index in [0.29, 0.717) is 33.9 Å². The average Bonchev–Trinajstić information content (AvgIpc) is 3.01. The van der Waals surface area contributed by atoms with Crippen LogP contribution in [0.3, 0.4) is 0 Å². The lowest BCUT2D eigenvalue weighted by Crippen LogP contribution is -2.33. The lowest BCUT2D eigenvalue weighted by Gasteiger charge is -2.36. The van der Waals surface area contributed by atoms with Crippen LogP contribution >= 0.6 is 0 Å². The number of para-hydroxylation sites is 1. The Kier molecular flexibility index (Phi) is 3.61. The second-order valence-electron chi connectivity index (χ2n) is 7.04. The highest BCUT2D eigenvalue weighted by Gasteiger charge is 2.53. The molecule has 1 unspecified atom stereocenters. The second kappa shape index (κ2) is 6.07. The summed E-state index contributed by atoms with van der Waals surface area (Å²) >= 11 is 0. The molecule has 29 heavy (non-hydrogen) atoms. The van der Waals surface area contributed by atoms with Crippen LogP contribution in [0.25, 0.3) is 0 Å². The summed E-state index contributed by atoms with van der Waals surface area (Å²) in [6, 6.07) is 19.8. The normalized spacial score (nSPS) is 18.2. The molecule has 1 atom stereocenters. The Morgan fingerprint density at radius 1 is 0.931 bits per heavy atom. The van der Waals surface area contributed by atoms with Crippen LogP contribution in [0, 0.1) is 0 Å². The Hall–Kier alpha value is -3.86. The minimum Gasteiger partial charge on any atom is -0.456 e. The molecule has 2 heterocycles. The molecule has 0 aromatic heterocycles. The monoisotopic (exact) mass is 384 g/mol. The standard InChI is InChI=1S/C24H16O5/c1-14(2)22(25)27-15-11-12-19-21(13-15)28-20-10-6-5-9-18(20)24(19)17-8-4-3-7-16(17)23(26)29-24/h3-13H,1H2,2H3. The lowest BCUT2D eigenvalue weighted by molar-refractivity contribution is -0.130. The Balaban J connectivity index is 1.73. The van der Waals surface area contributed by atoms with Crippen LogP contribution in [-0.2, 0) is 15.1 Å². The number of carbonyl (C=O) groups is 2. The number of rotatable bonds is 2. The van der Waals surface area contributed by atoms with Crippen LogP contribution in [0.2, 0.25) is 0 Å². The van der Waals surface area contributed by atoms with Crippen molar-refractivity contribution in [2.75, 3.05) is 0 Å². The van der Waals surface area contributed by atoms with Crippen molar-refractivity contribution in [3.63, 3.8) is 0 Å². The van der Waals surface area contributed by atoms with E-state index in [1.54, 1.807) is 31.2 Å². The molecule has 0 radical (unpaired) electrons. The molecule has 0 saturated carbocycles. The third-order valence-electron chi connectivity index (χ3n) is 5.15. The zero-order valence-electron chi connectivity index (χ0n) is 15.6. The van der Waals surface area contributed by atoms with E-state index in [0.717, 1.165) is 11.1 Å². The Labute approximate surface area is 167 Å². The average molecular weight is 384 g/mol. The highest BCUT2D eigenvalue weighted by atomic mass is 16.6. The van der Waals surface area contributed by atoms with Crippen LogP contribution < -0.4 is 9.47 Å². The van der Waals surface area contributed by atoms with E-state index in [2.05, 4.69) is 6.58 Å². The zero-order valence-corrected chi connectivity index (χ0v) is 15.6. The molecule has 5 nitrogen and oxygen atoms in total. The summed E-state index contributed by atoms with van der Waals surface area (Å²) in [6.07, 6.45) is 0. The second-order valence-corrected chi connectivity index (χ2v) is 7.04. The van der Waals surface area contributed by atoms with Gasteiger partial charge in [-0.05, 0) is 31.2 Å². The van der Waals surface area contributed by atoms with Gasteiger partial charge < -0.3 is 14.2 Å². The maximum atomic E-state index is 12.7. The summed E-state index contributed by atoms with van der Waals surface area (Å²) in [5, 5.41) is 0. The smallest absolute Gasteiger partial charge is 0.340 e. The summed E-state index contributed by atoms with van der Waals surface area (Å²) in [5.41, 5.74) is 1.88. The molecule has 0 saturated heterocycles. The number of benzene rings is 3. The summed E-state index contributed by atoms with van der Waals surface area (Å²) in [7, 11) is 0. The Morgan fingerprint density at radius 2 is 1.62 bits per heavy atom. The van der Waals surface area contributed by atoms with Crippen LogP contribution in [0.4, 0.5) is 0 Å². The maximum absolute atomic E-state index is 12.7. The zero-order chi connectivity index (χ0) is 20.2. The number of esters is 2. The first-order valence-electron chi connectivity index (χ1n) is 9.13. The van der Waals surface area contributed by atoms with Crippen molar-refractivity contribution in [3.05, 3.63) is 101 Å². The fourth-order valence-corrected chi connectivity index (χ4v) is 3.86. The van der Waals surface area contributed by atoms with E-state index in [9.17, 15) is 9.59 Å². The van der Waals surface area contributed by atoms with Crippen molar-refractivity contribution in [1.82, 2.24) is 0 Å². The highest BCUT2D eigenvalue weighted by molar-refractivity contribution is 5.97. The van der Waals surface area contributed by atoms with E-state index in [-0.39, 0.29) is 5.97 Å². The molecule has 0 N–H and O–H groups in total. The van der Waals surface area contributed by atoms with Crippen LogP contribution in [0.5, 0.6) is 17.2 Å². The van der Waals surface area contributed by atoms with Crippen molar-refractivity contribution < 1.29 is 23.8 Å². The Morgan fingerprint density at radius 3 is 2.41 bits per heavy atom. The Bertz CT molecular complexity index is 1210. The van der Waals surface area contributed by atoms with Gasteiger partial charge >= 0.3 is 11.9 Å². The molecule has 142 valence electrons. The van der Waals surface area contributed by atoms with E-state index in [1.807, 2.05) is 42.5 Å². The molecule has 0 bridgehead atoms. The van der Waals surface area contributed by atoms with Gasteiger partial charge in [-0.3, -0.25) is 0 Å². The van der Waals surface area contributed by atoms with E-state index >= 15 is 0 Å². The van der Waals surface area contributed by atoms with Gasteiger partial charge in [0.1, 0.15) is 17.2 Å². The van der Waals surface area contributed by atoms with Gasteiger partial charge in [0.15, 0.2) is 5.60 Å². The number of carbonyl (C=O) groups excluding carboxylic acids is 2. The quantitative estimate of drug-likeness (QED) is 0.363. The summed E-state index contributed by atoms with van der Waals surface area (Å²) in [6.45, 7) is 5.18. The van der Waals surface area contributed by atoms with Gasteiger partial charge in [-0.1, -0.05) is 43.0 Å². The molecule has 3 aromatic rings. The largest absolute Gasteiger partial charge is 0.456 e. The lowest BCUT2D eigenvalue weighted by atomic mass is 9.78. The van der Waals surface area contributed by atoms with E-state index < -0.39 is 11.6 Å². The van der Waals surface area contributed by atoms with Crippen molar-refractivity contribution in [2.45, 2.75) is 12.5 Å². The predicted molar refractivity (Wildman–Crippen MR) is 105 cm³/mol. The SMILES string of the molecule is C=C(C)C(=O)Oc1ccc2c(c1)Oc1ccccc1C21OC(=O)c2ccccc21. The molecule has 5 heteroatoms. The first kappa shape index (κ1) is 17.3. The molecule has 2 aliphatic rings. The first-order chi connectivity index (χ1) is 14.0. The number of hydrogen-bond acceptors (Lipinski definition) is 5. The number of hydrogen-bond donors (Lipinski definition) is 0. The molecule has 3 aromatic carbocycles. The van der Waals surface area contributed by atoms with Gasteiger partial charge in [0.2, 0.25) is 0 Å². The van der Waals surface area contributed by atoms with Gasteiger partial charge in [0, 0.05) is 28.3 Å². The fourth-order valence-electron chi connectivity index (χ4n) is 3.86. The molecule has 5 rings (SSSR count). The topological polar surface area (TPSA) is 61.8 Å². The van der Waals surface area contributed by atoms with Crippen molar-refractivity contribution in [2.24, 2.45) is 0 Å².